The summed E-state index contributed by atoms with van der Waals surface area (Å²) in [4.78, 5) is 0. The van der Waals surface area contributed by atoms with Crippen molar-refractivity contribution in [2.24, 2.45) is 0 Å². The summed E-state index contributed by atoms with van der Waals surface area (Å²) in [6.45, 7) is 2.26. The van der Waals surface area contributed by atoms with Crippen LogP contribution in [-0.4, -0.2) is 21.3 Å². The van der Waals surface area contributed by atoms with E-state index in [1.54, 1.807) is 0 Å². The molecule has 0 aliphatic carbocycles. The summed E-state index contributed by atoms with van der Waals surface area (Å²) in [5.41, 5.74) is 2.35. The zero-order valence-corrected chi connectivity index (χ0v) is 7.12. The zero-order valence-electron chi connectivity index (χ0n) is 4.96. The third-order valence-corrected chi connectivity index (χ3v) is 6.47. The summed E-state index contributed by atoms with van der Waals surface area (Å²) in [5, 5.41) is 0. The first kappa shape index (κ1) is 5.97. The van der Waals surface area contributed by atoms with Crippen molar-refractivity contribution in [3.05, 3.63) is 17.9 Å². The molecular weight excluding hydrogens is 130 g/mol. The van der Waals surface area contributed by atoms with Gasteiger partial charge in [-0.05, 0) is 12.1 Å². The first-order valence-electron chi connectivity index (χ1n) is 2.82. The Morgan fingerprint density at radius 2 is 2.62 bits per heavy atom. The minimum absolute atomic E-state index is 0.0826. The van der Waals surface area contributed by atoms with Gasteiger partial charge in [0.1, 0.15) is 8.79 Å². The van der Waals surface area contributed by atoms with Crippen LogP contribution in [0.5, 0.6) is 0 Å². The van der Waals surface area contributed by atoms with Gasteiger partial charge in [0.15, 0.2) is 0 Å². The lowest BCUT2D eigenvalue weighted by Gasteiger charge is -1.87. The van der Waals surface area contributed by atoms with Crippen LogP contribution in [0.2, 0.25) is 0 Å². The van der Waals surface area contributed by atoms with Crippen molar-refractivity contribution in [1.82, 2.24) is 4.64 Å². The molecule has 42 valence electrons. The van der Waals surface area contributed by atoms with Crippen molar-refractivity contribution in [1.29, 1.82) is 0 Å². The van der Waals surface area contributed by atoms with Crippen molar-refractivity contribution in [3.8, 4) is 0 Å². The fourth-order valence-corrected chi connectivity index (χ4v) is 3.79. The Bertz CT molecular complexity index is 152. The molecule has 8 heavy (non-hydrogen) atoms. The quantitative estimate of drug-likeness (QED) is 0.506. The van der Waals surface area contributed by atoms with E-state index < -0.39 is 0 Å². The van der Waals surface area contributed by atoms with Gasteiger partial charge in [-0.25, -0.2) is 0 Å². The Morgan fingerprint density at radius 3 is 3.00 bits per heavy atom. The molecular formula is C5H9NSi2. The lowest BCUT2D eigenvalue weighted by Crippen LogP contribution is -2.03. The van der Waals surface area contributed by atoms with Crippen LogP contribution in [0.4, 0.5) is 0 Å². The molecule has 0 saturated carbocycles. The third-order valence-electron chi connectivity index (χ3n) is 1.13. The zero-order chi connectivity index (χ0) is 5.82. The number of hydrogen-bond donors (Lipinski definition) is 0. The van der Waals surface area contributed by atoms with Gasteiger partial charge in [0.25, 0.3) is 0 Å². The van der Waals surface area contributed by atoms with Crippen molar-refractivity contribution < 1.29 is 0 Å². The Balaban J connectivity index is 2.83. The Labute approximate surface area is 52.9 Å². The molecule has 0 unspecified atom stereocenters. The van der Waals surface area contributed by atoms with Crippen molar-refractivity contribution >= 4 is 16.7 Å². The van der Waals surface area contributed by atoms with Gasteiger partial charge in [-0.1, -0.05) is 12.6 Å². The molecule has 0 atom stereocenters. The van der Waals surface area contributed by atoms with E-state index >= 15 is 0 Å². The van der Waals surface area contributed by atoms with Gasteiger partial charge >= 0.3 is 0 Å². The van der Waals surface area contributed by atoms with Gasteiger partial charge in [0.2, 0.25) is 0 Å². The predicted molar refractivity (Wildman–Crippen MR) is 38.6 cm³/mol. The van der Waals surface area contributed by atoms with E-state index in [9.17, 15) is 0 Å². The highest BCUT2D eigenvalue weighted by atomic mass is 29.0. The van der Waals surface area contributed by atoms with Gasteiger partial charge in [-0.2, -0.15) is 0 Å². The second-order valence-corrected chi connectivity index (χ2v) is 7.46. The monoisotopic (exact) mass is 139 g/mol. The second-order valence-electron chi connectivity index (χ2n) is 1.71. The fourth-order valence-electron chi connectivity index (χ4n) is 0.607. The minimum Gasteiger partial charge on any atom is -0.314 e. The maximum Gasteiger partial charge on any atom is 0.118 e. The summed E-state index contributed by atoms with van der Waals surface area (Å²) in [6.07, 6.45) is 1.93. The average molecular weight is 139 g/mol. The van der Waals surface area contributed by atoms with Crippen LogP contribution in [-0.2, 0) is 6.04 Å². The summed E-state index contributed by atoms with van der Waals surface area (Å²) in [5.74, 6) is 0. The fraction of sp³-hybridized carbons (Fsp3) is 0.400. The van der Waals surface area contributed by atoms with E-state index in [1.165, 1.54) is 6.04 Å². The molecule has 1 aromatic heterocycles. The standard InChI is InChI=1S/C5H9NSi2/c1-2-8-5-3-4-6-7-8/h3-5,7H,2H2,1H3. The van der Waals surface area contributed by atoms with Crippen molar-refractivity contribution in [3.63, 3.8) is 0 Å². The third kappa shape index (κ3) is 1.41. The van der Waals surface area contributed by atoms with Gasteiger partial charge in [-0.15, -0.1) is 0 Å². The van der Waals surface area contributed by atoms with Crippen molar-refractivity contribution in [2.45, 2.75) is 13.0 Å². The molecule has 0 radical (unpaired) electrons. The van der Waals surface area contributed by atoms with Gasteiger partial charge in [-0.3, -0.25) is 0 Å². The molecule has 0 aliphatic rings. The average Bonchev–Trinajstić information content (AvgIpc) is 1.90. The highest BCUT2D eigenvalue weighted by Crippen LogP contribution is 1.74. The summed E-state index contributed by atoms with van der Waals surface area (Å²) >= 11 is 0. The van der Waals surface area contributed by atoms with E-state index in [4.69, 9.17) is 0 Å². The van der Waals surface area contributed by atoms with E-state index in [0.717, 1.165) is 0 Å². The van der Waals surface area contributed by atoms with Crippen LogP contribution in [0.3, 0.4) is 0 Å². The molecule has 0 N–H and O–H groups in total. The topological polar surface area (TPSA) is 12.9 Å². The molecule has 0 spiro atoms. The maximum atomic E-state index is 4.25. The molecule has 0 fully saturated rings. The van der Waals surface area contributed by atoms with E-state index in [2.05, 4.69) is 23.3 Å². The van der Waals surface area contributed by atoms with Gasteiger partial charge in [0, 0.05) is 14.1 Å². The Kier molecular flexibility index (Phi) is 2.23. The van der Waals surface area contributed by atoms with Crippen LogP contribution in [0.15, 0.2) is 17.9 Å². The van der Waals surface area contributed by atoms with Crippen LogP contribution < -0.4 is 0 Å². The highest BCUT2D eigenvalue weighted by molar-refractivity contribution is 6.88. The molecule has 3 heteroatoms. The van der Waals surface area contributed by atoms with Crippen LogP contribution >= 0.6 is 0 Å². The predicted octanol–water partition coefficient (Wildman–Crippen LogP) is 0.198. The lowest BCUT2D eigenvalue weighted by molar-refractivity contribution is 1.35. The highest BCUT2D eigenvalue weighted by Gasteiger charge is 1.83. The molecule has 1 heterocycles. The van der Waals surface area contributed by atoms with Gasteiger partial charge < -0.3 is 4.64 Å². The van der Waals surface area contributed by atoms with Crippen LogP contribution in [0.25, 0.3) is 0 Å². The molecule has 0 aliphatic heterocycles. The van der Waals surface area contributed by atoms with Crippen LogP contribution in [0, 0.1) is 0 Å². The summed E-state index contributed by atoms with van der Waals surface area (Å²) in [6, 6.07) is 3.45. The van der Waals surface area contributed by atoms with E-state index in [0.29, 0.717) is 8.79 Å². The number of nitrogens with zero attached hydrogens (tertiary/aromatic N) is 1. The van der Waals surface area contributed by atoms with E-state index in [1.807, 2.05) is 6.20 Å². The number of aromatic nitrogens is 1. The molecule has 1 nitrogen and oxygen atoms in total. The maximum absolute atomic E-state index is 4.25. The Morgan fingerprint density at radius 1 is 1.75 bits per heavy atom. The largest absolute Gasteiger partial charge is 0.314 e. The summed E-state index contributed by atoms with van der Waals surface area (Å²) < 4.78 is 4.25. The lowest BCUT2D eigenvalue weighted by atomic mass is 10.8. The number of hydrogen-bond acceptors (Lipinski definition) is 1. The summed E-state index contributed by atoms with van der Waals surface area (Å²) in [7, 11) is 0.360. The Hall–Kier alpha value is -0.156. The molecule has 0 bridgehead atoms. The molecule has 0 saturated heterocycles. The SMILES string of the molecule is CC[si]1cccn[siH]1. The second kappa shape index (κ2) is 2.99. The normalized spacial score (nSPS) is 9.12. The minimum atomic E-state index is -0.0826. The molecule has 0 aromatic carbocycles. The number of rotatable bonds is 1. The van der Waals surface area contributed by atoms with Crippen LogP contribution in [0.1, 0.15) is 6.92 Å². The molecule has 1 rings (SSSR count). The molecule has 1 aromatic rings. The first-order chi connectivity index (χ1) is 3.93. The van der Waals surface area contributed by atoms with Crippen molar-refractivity contribution in [2.75, 3.05) is 0 Å². The van der Waals surface area contributed by atoms with Gasteiger partial charge in [0.05, 0.1) is 0 Å². The smallest absolute Gasteiger partial charge is 0.118 e. The molecule has 0 amide bonds. The van der Waals surface area contributed by atoms with E-state index in [-0.39, 0.29) is 7.90 Å². The first-order valence-corrected chi connectivity index (χ1v) is 6.93. The number of aryl methyl sites for hydroxylation is 1.